The lowest BCUT2D eigenvalue weighted by Gasteiger charge is -2.06. The molecule has 0 radical (unpaired) electrons. The van der Waals surface area contributed by atoms with E-state index in [0.29, 0.717) is 11.1 Å². The number of benzene rings is 1. The number of halogens is 2. The predicted molar refractivity (Wildman–Crippen MR) is 59.0 cm³/mol. The molecule has 0 amide bonds. The van der Waals surface area contributed by atoms with Crippen LogP contribution in [0, 0.1) is 5.82 Å². The molecule has 1 aromatic carbocycles. The summed E-state index contributed by atoms with van der Waals surface area (Å²) in [5.41, 5.74) is 1.37. The maximum Gasteiger partial charge on any atom is 0.129 e. The first-order chi connectivity index (χ1) is 6.68. The summed E-state index contributed by atoms with van der Waals surface area (Å²) >= 11 is 3.36. The van der Waals surface area contributed by atoms with E-state index in [0.717, 1.165) is 5.39 Å². The summed E-state index contributed by atoms with van der Waals surface area (Å²) < 4.78 is 13.5. The summed E-state index contributed by atoms with van der Waals surface area (Å²) in [5, 5.41) is 0.968. The van der Waals surface area contributed by atoms with Gasteiger partial charge in [-0.1, -0.05) is 22.0 Å². The molecular weight excluding hydrogens is 245 g/mol. The van der Waals surface area contributed by atoms with Crippen molar-refractivity contribution in [1.29, 1.82) is 0 Å². The minimum atomic E-state index is -0.208. The lowest BCUT2D eigenvalue weighted by Crippen LogP contribution is -1.91. The van der Waals surface area contributed by atoms with E-state index in [4.69, 9.17) is 0 Å². The summed E-state index contributed by atoms with van der Waals surface area (Å²) in [4.78, 5) is 4.11. The number of nitrogens with zero attached hydrogens (tertiary/aromatic N) is 1. The second-order valence-corrected chi connectivity index (χ2v) is 4.56. The van der Waals surface area contributed by atoms with Crippen molar-refractivity contribution < 1.29 is 4.39 Å². The fraction of sp³-hybridized carbons (Fsp3) is 0.182. The molecule has 2 rings (SSSR count). The Hall–Kier alpha value is -0.960. The molecule has 0 aliphatic heterocycles. The monoisotopic (exact) mass is 253 g/mol. The Balaban J connectivity index is 2.71. The molecule has 0 saturated heterocycles. The first-order valence-corrected chi connectivity index (χ1v) is 5.28. The molecular formula is C11H9BrFN. The second kappa shape index (κ2) is 3.65. The van der Waals surface area contributed by atoms with E-state index in [1.54, 1.807) is 6.20 Å². The molecule has 0 aliphatic carbocycles. The van der Waals surface area contributed by atoms with E-state index in [2.05, 4.69) is 20.9 Å². The van der Waals surface area contributed by atoms with Crippen LogP contribution in [0.2, 0.25) is 0 Å². The van der Waals surface area contributed by atoms with Crippen molar-refractivity contribution >= 4 is 26.8 Å². The highest BCUT2D eigenvalue weighted by Gasteiger charge is 2.09. The van der Waals surface area contributed by atoms with Crippen LogP contribution >= 0.6 is 15.9 Å². The van der Waals surface area contributed by atoms with Crippen LogP contribution in [0.5, 0.6) is 0 Å². The second-order valence-electron chi connectivity index (χ2n) is 3.19. The van der Waals surface area contributed by atoms with Crippen molar-refractivity contribution in [1.82, 2.24) is 4.98 Å². The van der Waals surface area contributed by atoms with Gasteiger partial charge in [-0.2, -0.15) is 0 Å². The van der Waals surface area contributed by atoms with Gasteiger partial charge in [0.25, 0.3) is 0 Å². The fourth-order valence-electron chi connectivity index (χ4n) is 1.42. The van der Waals surface area contributed by atoms with Crippen molar-refractivity contribution in [3.8, 4) is 0 Å². The fourth-order valence-corrected chi connectivity index (χ4v) is 1.77. The zero-order chi connectivity index (χ0) is 10.1. The van der Waals surface area contributed by atoms with Crippen LogP contribution in [-0.4, -0.2) is 4.98 Å². The summed E-state index contributed by atoms with van der Waals surface area (Å²) in [6.07, 6.45) is 1.67. The van der Waals surface area contributed by atoms with Crippen molar-refractivity contribution in [3.05, 3.63) is 41.8 Å². The van der Waals surface area contributed by atoms with E-state index >= 15 is 0 Å². The third-order valence-electron chi connectivity index (χ3n) is 2.15. The van der Waals surface area contributed by atoms with Crippen molar-refractivity contribution in [2.24, 2.45) is 0 Å². The highest BCUT2D eigenvalue weighted by molar-refractivity contribution is 9.09. The molecule has 0 fully saturated rings. The summed E-state index contributed by atoms with van der Waals surface area (Å²) in [6.45, 7) is 1.90. The molecule has 1 unspecified atom stereocenters. The molecule has 1 aromatic heterocycles. The Morgan fingerprint density at radius 3 is 2.93 bits per heavy atom. The van der Waals surface area contributed by atoms with Gasteiger partial charge >= 0.3 is 0 Å². The van der Waals surface area contributed by atoms with Crippen LogP contribution in [-0.2, 0) is 0 Å². The van der Waals surface area contributed by atoms with Gasteiger partial charge in [0.1, 0.15) is 5.82 Å². The number of pyridine rings is 1. The average molecular weight is 254 g/mol. The number of alkyl halides is 1. The topological polar surface area (TPSA) is 12.9 Å². The number of rotatable bonds is 1. The third-order valence-corrected chi connectivity index (χ3v) is 2.64. The quantitative estimate of drug-likeness (QED) is 0.705. The molecule has 3 heteroatoms. The van der Waals surface area contributed by atoms with Gasteiger partial charge in [-0.15, -0.1) is 0 Å². The van der Waals surface area contributed by atoms with Crippen LogP contribution in [0.1, 0.15) is 17.3 Å². The maximum atomic E-state index is 13.5. The van der Waals surface area contributed by atoms with Gasteiger partial charge in [0.05, 0.1) is 5.52 Å². The smallest absolute Gasteiger partial charge is 0.129 e. The van der Waals surface area contributed by atoms with Gasteiger partial charge < -0.3 is 0 Å². The zero-order valence-corrected chi connectivity index (χ0v) is 9.25. The zero-order valence-electron chi connectivity index (χ0n) is 7.67. The van der Waals surface area contributed by atoms with Gasteiger partial charge in [-0.25, -0.2) is 4.39 Å². The molecule has 0 N–H and O–H groups in total. The molecule has 14 heavy (non-hydrogen) atoms. The predicted octanol–water partition coefficient (Wildman–Crippen LogP) is 3.83. The maximum absolute atomic E-state index is 13.5. The van der Waals surface area contributed by atoms with Gasteiger partial charge in [-0.3, -0.25) is 4.98 Å². The largest absolute Gasteiger partial charge is 0.256 e. The van der Waals surface area contributed by atoms with Crippen LogP contribution < -0.4 is 0 Å². The minimum absolute atomic E-state index is 0.0205. The lowest BCUT2D eigenvalue weighted by atomic mass is 10.1. The van der Waals surface area contributed by atoms with Gasteiger partial charge in [-0.05, 0) is 19.1 Å². The minimum Gasteiger partial charge on any atom is -0.256 e. The molecule has 72 valence electrons. The summed E-state index contributed by atoms with van der Waals surface area (Å²) in [7, 11) is 0. The Morgan fingerprint density at radius 2 is 2.21 bits per heavy atom. The van der Waals surface area contributed by atoms with Gasteiger partial charge in [0.2, 0.25) is 0 Å². The number of hydrogen-bond acceptors (Lipinski definition) is 1. The van der Waals surface area contributed by atoms with Crippen molar-refractivity contribution in [3.63, 3.8) is 0 Å². The van der Waals surface area contributed by atoms with Gasteiger partial charge in [0, 0.05) is 28.0 Å². The standard InChI is InChI=1S/C11H9BrFN/c1-7(12)9-5-8-3-2-4-14-11(8)6-10(9)13/h2-7H,1H3. The number of hydrogen-bond donors (Lipinski definition) is 0. The normalized spacial score (nSPS) is 13.1. The van der Waals surface area contributed by atoms with Crippen LogP contribution in [0.4, 0.5) is 4.39 Å². The number of fused-ring (bicyclic) bond motifs is 1. The SMILES string of the molecule is CC(Br)c1cc2cccnc2cc1F. The first-order valence-electron chi connectivity index (χ1n) is 4.37. The Morgan fingerprint density at radius 1 is 1.43 bits per heavy atom. The molecule has 1 atom stereocenters. The molecule has 1 heterocycles. The number of aromatic nitrogens is 1. The van der Waals surface area contributed by atoms with E-state index < -0.39 is 0 Å². The molecule has 0 bridgehead atoms. The first kappa shape index (κ1) is 9.59. The van der Waals surface area contributed by atoms with Crippen LogP contribution in [0.3, 0.4) is 0 Å². The third kappa shape index (κ3) is 1.64. The van der Waals surface area contributed by atoms with Crippen molar-refractivity contribution in [2.45, 2.75) is 11.8 Å². The van der Waals surface area contributed by atoms with Crippen LogP contribution in [0.15, 0.2) is 30.5 Å². The Bertz CT molecular complexity index is 468. The lowest BCUT2D eigenvalue weighted by molar-refractivity contribution is 0.613. The van der Waals surface area contributed by atoms with E-state index in [1.807, 2.05) is 25.1 Å². The Kier molecular flexibility index (Phi) is 2.50. The van der Waals surface area contributed by atoms with E-state index in [1.165, 1.54) is 6.07 Å². The summed E-state index contributed by atoms with van der Waals surface area (Å²) in [5.74, 6) is -0.208. The molecule has 2 aromatic rings. The van der Waals surface area contributed by atoms with E-state index in [9.17, 15) is 4.39 Å². The highest BCUT2D eigenvalue weighted by Crippen LogP contribution is 2.27. The Labute approximate surface area is 90.1 Å². The van der Waals surface area contributed by atoms with Gasteiger partial charge in [0.15, 0.2) is 0 Å². The van der Waals surface area contributed by atoms with Crippen molar-refractivity contribution in [2.75, 3.05) is 0 Å². The molecule has 0 aliphatic rings. The highest BCUT2D eigenvalue weighted by atomic mass is 79.9. The van der Waals surface area contributed by atoms with E-state index in [-0.39, 0.29) is 10.6 Å². The molecule has 0 spiro atoms. The molecule has 1 nitrogen and oxygen atoms in total. The van der Waals surface area contributed by atoms with Crippen LogP contribution in [0.25, 0.3) is 10.9 Å². The molecule has 0 saturated carbocycles. The summed E-state index contributed by atoms with van der Waals surface area (Å²) in [6, 6.07) is 7.09. The average Bonchev–Trinajstić information content (AvgIpc) is 2.16.